The van der Waals surface area contributed by atoms with Crippen molar-refractivity contribution in [3.05, 3.63) is 88.6 Å². The smallest absolute Gasteiger partial charge is 0.416 e. The number of aromatic nitrogens is 1. The number of hydrogen-bond acceptors (Lipinski definition) is 4. The summed E-state index contributed by atoms with van der Waals surface area (Å²) in [5.41, 5.74) is 2.57. The number of alkyl halides is 3. The second kappa shape index (κ2) is 11.0. The molecule has 2 heterocycles. The molecule has 37 heavy (non-hydrogen) atoms. The zero-order valence-corrected chi connectivity index (χ0v) is 20.6. The fourth-order valence-corrected chi connectivity index (χ4v) is 4.58. The average Bonchev–Trinajstić information content (AvgIpc) is 2.88. The van der Waals surface area contributed by atoms with Gasteiger partial charge in [-0.3, -0.25) is 9.59 Å². The Bertz CT molecular complexity index is 1270. The Morgan fingerprint density at radius 2 is 1.78 bits per heavy atom. The van der Waals surface area contributed by atoms with E-state index in [0.29, 0.717) is 35.8 Å². The number of methoxy groups -OCH3 is 1. The Hall–Kier alpha value is -3.88. The molecule has 9 heteroatoms. The fraction of sp³-hybridized carbons (Fsp3) is 0.321. The van der Waals surface area contributed by atoms with Crippen LogP contribution in [0.5, 0.6) is 5.88 Å². The number of amides is 2. The van der Waals surface area contributed by atoms with E-state index in [2.05, 4.69) is 10.3 Å². The first-order valence-electron chi connectivity index (χ1n) is 12.0. The lowest BCUT2D eigenvalue weighted by Gasteiger charge is -2.32. The number of pyridine rings is 1. The van der Waals surface area contributed by atoms with Crippen LogP contribution in [0.25, 0.3) is 0 Å². The van der Waals surface area contributed by atoms with E-state index in [1.54, 1.807) is 31.5 Å². The van der Waals surface area contributed by atoms with Gasteiger partial charge in [0.1, 0.15) is 0 Å². The highest BCUT2D eigenvalue weighted by atomic mass is 19.4. The first kappa shape index (κ1) is 26.2. The van der Waals surface area contributed by atoms with Crippen LogP contribution in [0.15, 0.2) is 60.8 Å². The second-order valence-corrected chi connectivity index (χ2v) is 9.16. The molecule has 0 spiro atoms. The van der Waals surface area contributed by atoms with Crippen molar-refractivity contribution in [2.75, 3.05) is 25.5 Å². The third kappa shape index (κ3) is 6.47. The lowest BCUT2D eigenvalue weighted by atomic mass is 9.89. The minimum Gasteiger partial charge on any atom is -0.481 e. The van der Waals surface area contributed by atoms with Gasteiger partial charge in [0, 0.05) is 30.5 Å². The zero-order chi connectivity index (χ0) is 26.6. The van der Waals surface area contributed by atoms with Crippen LogP contribution < -0.4 is 10.1 Å². The lowest BCUT2D eigenvalue weighted by Crippen LogP contribution is -2.38. The van der Waals surface area contributed by atoms with E-state index >= 15 is 0 Å². The summed E-state index contributed by atoms with van der Waals surface area (Å²) in [6.07, 6.45) is -1.43. The molecule has 0 aliphatic carbocycles. The minimum atomic E-state index is -4.45. The molecule has 1 N–H and O–H groups in total. The third-order valence-corrected chi connectivity index (χ3v) is 6.54. The van der Waals surface area contributed by atoms with Gasteiger partial charge in [-0.05, 0) is 61.1 Å². The van der Waals surface area contributed by atoms with Crippen LogP contribution in [0.2, 0.25) is 0 Å². The Balaban J connectivity index is 1.30. The number of nitrogens with one attached hydrogen (secondary N) is 1. The van der Waals surface area contributed by atoms with Gasteiger partial charge in [-0.25, -0.2) is 4.98 Å². The maximum Gasteiger partial charge on any atom is 0.416 e. The maximum absolute atomic E-state index is 12.9. The fourth-order valence-electron chi connectivity index (χ4n) is 4.58. The minimum absolute atomic E-state index is 0.0458. The van der Waals surface area contributed by atoms with Crippen molar-refractivity contribution in [3.8, 4) is 5.88 Å². The van der Waals surface area contributed by atoms with Crippen molar-refractivity contribution in [1.82, 2.24) is 9.88 Å². The van der Waals surface area contributed by atoms with Gasteiger partial charge in [0.25, 0.3) is 5.91 Å². The summed E-state index contributed by atoms with van der Waals surface area (Å²) in [7, 11) is 1.54. The molecule has 1 aromatic heterocycles. The van der Waals surface area contributed by atoms with Crippen molar-refractivity contribution in [3.63, 3.8) is 0 Å². The summed E-state index contributed by atoms with van der Waals surface area (Å²) >= 11 is 0. The molecule has 1 aliphatic heterocycles. The number of likely N-dealkylation sites (tertiary alicyclic amines) is 1. The first-order chi connectivity index (χ1) is 17.6. The first-order valence-corrected chi connectivity index (χ1v) is 12.0. The van der Waals surface area contributed by atoms with Crippen molar-refractivity contribution in [2.45, 2.75) is 38.3 Å². The summed E-state index contributed by atoms with van der Waals surface area (Å²) in [5, 5.41) is 2.74. The average molecular weight is 512 g/mol. The van der Waals surface area contributed by atoms with E-state index in [1.165, 1.54) is 12.1 Å². The molecule has 2 amide bonds. The number of aryl methyl sites for hydroxylation is 1. The molecule has 1 fully saturated rings. The monoisotopic (exact) mass is 511 g/mol. The molecule has 6 nitrogen and oxygen atoms in total. The largest absolute Gasteiger partial charge is 0.481 e. The number of benzene rings is 2. The standard InChI is InChI=1S/C28H28F3N3O3/c1-18-14-22(17-32-26(18)37-2)27(36)34-12-10-21(11-13-34)20-6-8-24(9-7-20)33-25(35)16-19-4-3-5-23(15-19)28(29,30)31/h3-9,14-15,17,21H,10-13,16H2,1-2H3,(H,33,35). The Morgan fingerprint density at radius 3 is 2.41 bits per heavy atom. The van der Waals surface area contributed by atoms with Gasteiger partial charge in [-0.2, -0.15) is 13.2 Å². The van der Waals surface area contributed by atoms with Crippen LogP contribution in [-0.4, -0.2) is 41.9 Å². The molecule has 1 saturated heterocycles. The topological polar surface area (TPSA) is 71.5 Å². The van der Waals surface area contributed by atoms with Crippen LogP contribution in [0.1, 0.15) is 51.4 Å². The summed E-state index contributed by atoms with van der Waals surface area (Å²) in [6, 6.07) is 14.0. The van der Waals surface area contributed by atoms with Crippen molar-refractivity contribution < 1.29 is 27.5 Å². The molecule has 0 unspecified atom stereocenters. The molecule has 0 radical (unpaired) electrons. The SMILES string of the molecule is COc1ncc(C(=O)N2CCC(c3ccc(NC(=O)Cc4cccc(C(F)(F)F)c4)cc3)CC2)cc1C. The quantitative estimate of drug-likeness (QED) is 0.467. The number of piperidine rings is 1. The number of carbonyl (C=O) groups is 2. The number of anilines is 1. The highest BCUT2D eigenvalue weighted by Gasteiger charge is 2.30. The van der Waals surface area contributed by atoms with Crippen molar-refractivity contribution in [1.29, 1.82) is 0 Å². The second-order valence-electron chi connectivity index (χ2n) is 9.16. The number of halogens is 3. The van der Waals surface area contributed by atoms with Crippen LogP contribution >= 0.6 is 0 Å². The van der Waals surface area contributed by atoms with E-state index in [0.717, 1.165) is 36.1 Å². The summed E-state index contributed by atoms with van der Waals surface area (Å²) in [6.45, 7) is 3.11. The van der Waals surface area contributed by atoms with Crippen LogP contribution in [0.3, 0.4) is 0 Å². The van der Waals surface area contributed by atoms with Crippen molar-refractivity contribution in [2.24, 2.45) is 0 Å². The van der Waals surface area contributed by atoms with Crippen LogP contribution in [-0.2, 0) is 17.4 Å². The van der Waals surface area contributed by atoms with Gasteiger partial charge >= 0.3 is 6.18 Å². The van der Waals surface area contributed by atoms with E-state index < -0.39 is 11.7 Å². The summed E-state index contributed by atoms with van der Waals surface area (Å²) in [5.74, 6) is 0.359. The van der Waals surface area contributed by atoms with Gasteiger partial charge in [0.15, 0.2) is 0 Å². The molecule has 194 valence electrons. The van der Waals surface area contributed by atoms with E-state index in [-0.39, 0.29) is 24.2 Å². The number of ether oxygens (including phenoxy) is 1. The highest BCUT2D eigenvalue weighted by Crippen LogP contribution is 2.31. The normalized spacial score (nSPS) is 14.4. The van der Waals surface area contributed by atoms with Gasteiger partial charge in [-0.15, -0.1) is 0 Å². The Labute approximate surface area is 213 Å². The van der Waals surface area contributed by atoms with E-state index in [9.17, 15) is 22.8 Å². The molecule has 1 aliphatic rings. The Morgan fingerprint density at radius 1 is 1.08 bits per heavy atom. The molecule has 0 saturated carbocycles. The predicted molar refractivity (Wildman–Crippen MR) is 134 cm³/mol. The summed E-state index contributed by atoms with van der Waals surface area (Å²) in [4.78, 5) is 31.3. The molecule has 2 aromatic carbocycles. The van der Waals surface area contributed by atoms with E-state index in [4.69, 9.17) is 4.74 Å². The molecular weight excluding hydrogens is 483 g/mol. The number of hydrogen-bond donors (Lipinski definition) is 1. The lowest BCUT2D eigenvalue weighted by molar-refractivity contribution is -0.137. The molecule has 0 atom stereocenters. The zero-order valence-electron chi connectivity index (χ0n) is 20.6. The molecule has 0 bridgehead atoms. The third-order valence-electron chi connectivity index (χ3n) is 6.54. The maximum atomic E-state index is 12.9. The number of nitrogens with zero attached hydrogens (tertiary/aromatic N) is 2. The van der Waals surface area contributed by atoms with Gasteiger partial charge < -0.3 is 15.0 Å². The van der Waals surface area contributed by atoms with Crippen LogP contribution in [0, 0.1) is 6.92 Å². The van der Waals surface area contributed by atoms with E-state index in [1.807, 2.05) is 24.0 Å². The number of rotatable bonds is 6. The van der Waals surface area contributed by atoms with Gasteiger partial charge in [0.05, 0.1) is 24.7 Å². The predicted octanol–water partition coefficient (Wildman–Crippen LogP) is 5.62. The number of carbonyl (C=O) groups excluding carboxylic acids is 2. The highest BCUT2D eigenvalue weighted by molar-refractivity contribution is 5.94. The van der Waals surface area contributed by atoms with Gasteiger partial charge in [0.2, 0.25) is 11.8 Å². The molecule has 4 rings (SSSR count). The summed E-state index contributed by atoms with van der Waals surface area (Å²) < 4.78 is 43.9. The molecule has 3 aromatic rings. The van der Waals surface area contributed by atoms with Gasteiger partial charge in [-0.1, -0.05) is 30.3 Å². The molecular formula is C28H28F3N3O3. The Kier molecular flexibility index (Phi) is 7.80. The van der Waals surface area contributed by atoms with Crippen LogP contribution in [0.4, 0.5) is 18.9 Å². The van der Waals surface area contributed by atoms with Crippen molar-refractivity contribution >= 4 is 17.5 Å².